The first-order valence-electron chi connectivity index (χ1n) is 6.91. The Kier molecular flexibility index (Phi) is 6.40. The van der Waals surface area contributed by atoms with Gasteiger partial charge in [0.15, 0.2) is 0 Å². The number of hydrogen-bond acceptors (Lipinski definition) is 1. The van der Waals surface area contributed by atoms with Crippen molar-refractivity contribution < 1.29 is 4.39 Å². The summed E-state index contributed by atoms with van der Waals surface area (Å²) in [4.78, 5) is 0. The number of benzene rings is 2. The lowest BCUT2D eigenvalue weighted by Gasteiger charge is -2.18. The molecule has 1 nitrogen and oxygen atoms in total. The Hall–Kier alpha value is -0.710. The molecule has 0 amide bonds. The van der Waals surface area contributed by atoms with E-state index in [9.17, 15) is 4.39 Å². The molecule has 0 aromatic heterocycles. The molecule has 2 aromatic rings. The lowest BCUT2D eigenvalue weighted by atomic mass is 9.92. The predicted molar refractivity (Wildman–Crippen MR) is 93.1 cm³/mol. The van der Waals surface area contributed by atoms with Gasteiger partial charge in [0.25, 0.3) is 0 Å². The highest BCUT2D eigenvalue weighted by atomic mass is 79.9. The fraction of sp³-hybridized carbons (Fsp3) is 0.294. The van der Waals surface area contributed by atoms with Crippen molar-refractivity contribution in [2.75, 3.05) is 13.6 Å². The summed E-state index contributed by atoms with van der Waals surface area (Å²) in [5.74, 6) is 0.228. The molecule has 0 heterocycles. The summed E-state index contributed by atoms with van der Waals surface area (Å²) in [7, 11) is 1.95. The van der Waals surface area contributed by atoms with E-state index in [1.165, 1.54) is 11.6 Å². The molecule has 0 fully saturated rings. The third kappa shape index (κ3) is 5.20. The minimum atomic E-state index is -0.191. The average molecular weight is 415 g/mol. The molecule has 21 heavy (non-hydrogen) atoms. The minimum absolute atomic E-state index is 0.191. The summed E-state index contributed by atoms with van der Waals surface area (Å²) >= 11 is 6.95. The molecule has 0 spiro atoms. The van der Waals surface area contributed by atoms with E-state index >= 15 is 0 Å². The first-order chi connectivity index (χ1) is 10.1. The fourth-order valence-electron chi connectivity index (χ4n) is 2.54. The summed E-state index contributed by atoms with van der Waals surface area (Å²) in [6, 6.07) is 13.4. The van der Waals surface area contributed by atoms with Crippen molar-refractivity contribution in [2.24, 2.45) is 5.92 Å². The van der Waals surface area contributed by atoms with Gasteiger partial charge < -0.3 is 5.32 Å². The van der Waals surface area contributed by atoms with Crippen molar-refractivity contribution in [3.8, 4) is 0 Å². The smallest absolute Gasteiger partial charge is 0.124 e. The number of hydrogen-bond donors (Lipinski definition) is 1. The Morgan fingerprint density at radius 3 is 2.52 bits per heavy atom. The van der Waals surface area contributed by atoms with Gasteiger partial charge in [0, 0.05) is 8.95 Å². The van der Waals surface area contributed by atoms with E-state index in [0.29, 0.717) is 5.92 Å². The molecule has 0 bridgehead atoms. The van der Waals surface area contributed by atoms with Gasteiger partial charge in [-0.05, 0) is 67.7 Å². The second-order valence-corrected chi connectivity index (χ2v) is 6.97. The summed E-state index contributed by atoms with van der Waals surface area (Å²) in [5.41, 5.74) is 2.31. The Bertz CT molecular complexity index is 581. The molecular weight excluding hydrogens is 397 g/mol. The third-order valence-electron chi connectivity index (χ3n) is 3.41. The Morgan fingerprint density at radius 2 is 1.86 bits per heavy atom. The lowest BCUT2D eigenvalue weighted by molar-refractivity contribution is 0.491. The normalized spacial score (nSPS) is 12.4. The van der Waals surface area contributed by atoms with E-state index in [1.54, 1.807) is 6.07 Å². The van der Waals surface area contributed by atoms with Crippen LogP contribution in [0.3, 0.4) is 0 Å². The fourth-order valence-corrected chi connectivity index (χ4v) is 3.50. The van der Waals surface area contributed by atoms with Crippen molar-refractivity contribution in [3.05, 3.63) is 68.4 Å². The molecule has 0 saturated heterocycles. The van der Waals surface area contributed by atoms with Gasteiger partial charge in [0.05, 0.1) is 0 Å². The highest BCUT2D eigenvalue weighted by molar-refractivity contribution is 9.10. The van der Waals surface area contributed by atoms with Gasteiger partial charge >= 0.3 is 0 Å². The minimum Gasteiger partial charge on any atom is -0.319 e. The van der Waals surface area contributed by atoms with Gasteiger partial charge in [-0.25, -0.2) is 4.39 Å². The van der Waals surface area contributed by atoms with Gasteiger partial charge in [-0.3, -0.25) is 0 Å². The lowest BCUT2D eigenvalue weighted by Crippen LogP contribution is -2.23. The van der Waals surface area contributed by atoms with Crippen LogP contribution in [0.25, 0.3) is 0 Å². The van der Waals surface area contributed by atoms with Crippen molar-refractivity contribution in [3.63, 3.8) is 0 Å². The van der Waals surface area contributed by atoms with Crippen LogP contribution < -0.4 is 5.32 Å². The standard InChI is InChI=1S/C17H18Br2FN/c1-21-11-13(7-14-4-2-3-5-17(14)19)6-12-8-15(18)10-16(20)9-12/h2-5,8-10,13,21H,6-7,11H2,1H3. The molecule has 1 unspecified atom stereocenters. The summed E-state index contributed by atoms with van der Waals surface area (Å²) < 4.78 is 15.4. The van der Waals surface area contributed by atoms with Crippen LogP contribution >= 0.6 is 31.9 Å². The van der Waals surface area contributed by atoms with Crippen LogP contribution in [0.15, 0.2) is 51.4 Å². The number of halogens is 3. The molecule has 2 rings (SSSR count). The molecule has 0 aliphatic heterocycles. The SMILES string of the molecule is CNCC(Cc1cc(F)cc(Br)c1)Cc1ccccc1Br. The Balaban J connectivity index is 2.13. The van der Waals surface area contributed by atoms with E-state index in [4.69, 9.17) is 0 Å². The van der Waals surface area contributed by atoms with Gasteiger partial charge in [0.1, 0.15) is 5.82 Å². The zero-order valence-electron chi connectivity index (χ0n) is 11.9. The highest BCUT2D eigenvalue weighted by Crippen LogP contribution is 2.23. The second kappa shape index (κ2) is 8.06. The zero-order valence-corrected chi connectivity index (χ0v) is 15.0. The Labute approximate surface area is 142 Å². The van der Waals surface area contributed by atoms with Crippen LogP contribution in [-0.2, 0) is 12.8 Å². The summed E-state index contributed by atoms with van der Waals surface area (Å²) in [5, 5.41) is 3.24. The Morgan fingerprint density at radius 1 is 1.10 bits per heavy atom. The van der Waals surface area contributed by atoms with Crippen LogP contribution in [0, 0.1) is 11.7 Å². The molecule has 0 aliphatic carbocycles. The molecule has 0 saturated carbocycles. The molecule has 1 atom stereocenters. The molecule has 2 aromatic carbocycles. The maximum atomic E-state index is 13.5. The summed E-state index contributed by atoms with van der Waals surface area (Å²) in [6.07, 6.45) is 1.80. The average Bonchev–Trinajstić information content (AvgIpc) is 2.40. The maximum Gasteiger partial charge on any atom is 0.124 e. The van der Waals surface area contributed by atoms with Gasteiger partial charge in [-0.2, -0.15) is 0 Å². The van der Waals surface area contributed by atoms with Gasteiger partial charge in [-0.1, -0.05) is 50.1 Å². The molecule has 0 aliphatic rings. The highest BCUT2D eigenvalue weighted by Gasteiger charge is 2.13. The first kappa shape index (κ1) is 16.7. The van der Waals surface area contributed by atoms with Crippen LogP contribution in [0.5, 0.6) is 0 Å². The van der Waals surface area contributed by atoms with E-state index in [-0.39, 0.29) is 5.82 Å². The summed E-state index contributed by atoms with van der Waals surface area (Å²) in [6.45, 7) is 0.898. The van der Waals surface area contributed by atoms with Crippen molar-refractivity contribution in [2.45, 2.75) is 12.8 Å². The van der Waals surface area contributed by atoms with Crippen LogP contribution in [0.2, 0.25) is 0 Å². The first-order valence-corrected chi connectivity index (χ1v) is 8.50. The van der Waals surface area contributed by atoms with Crippen molar-refractivity contribution >= 4 is 31.9 Å². The molecule has 1 N–H and O–H groups in total. The number of rotatable bonds is 6. The van der Waals surface area contributed by atoms with Crippen LogP contribution in [0.4, 0.5) is 4.39 Å². The topological polar surface area (TPSA) is 12.0 Å². The largest absolute Gasteiger partial charge is 0.319 e. The maximum absolute atomic E-state index is 13.5. The van der Waals surface area contributed by atoms with E-state index in [1.807, 2.05) is 19.2 Å². The van der Waals surface area contributed by atoms with E-state index < -0.39 is 0 Å². The van der Waals surface area contributed by atoms with Crippen molar-refractivity contribution in [1.82, 2.24) is 5.32 Å². The molecule has 4 heteroatoms. The zero-order chi connectivity index (χ0) is 15.2. The molecular formula is C17H18Br2FN. The third-order valence-corrected chi connectivity index (χ3v) is 4.64. The van der Waals surface area contributed by atoms with Gasteiger partial charge in [-0.15, -0.1) is 0 Å². The molecule has 112 valence electrons. The van der Waals surface area contributed by atoms with Gasteiger partial charge in [0.2, 0.25) is 0 Å². The van der Waals surface area contributed by atoms with Crippen LogP contribution in [0.1, 0.15) is 11.1 Å². The van der Waals surface area contributed by atoms with E-state index in [0.717, 1.165) is 33.9 Å². The molecule has 0 radical (unpaired) electrons. The second-order valence-electron chi connectivity index (χ2n) is 5.20. The van der Waals surface area contributed by atoms with Crippen molar-refractivity contribution in [1.29, 1.82) is 0 Å². The van der Waals surface area contributed by atoms with E-state index in [2.05, 4.69) is 55.4 Å². The van der Waals surface area contributed by atoms with Crippen LogP contribution in [-0.4, -0.2) is 13.6 Å². The monoisotopic (exact) mass is 413 g/mol. The number of nitrogens with one attached hydrogen (secondary N) is 1. The predicted octanol–water partition coefficient (Wildman–Crippen LogP) is 4.97. The quantitative estimate of drug-likeness (QED) is 0.703.